The molecule has 0 atom stereocenters. The Hall–Kier alpha value is -1.58. The maximum absolute atomic E-state index is 6.09. The molecule has 1 N–H and O–H groups in total. The molecule has 0 amide bonds. The largest absolute Gasteiger partial charge is 0.344 e. The van der Waals surface area contributed by atoms with E-state index in [1.165, 1.54) is 16.7 Å². The monoisotopic (exact) mass is 344 g/mol. The fourth-order valence-electron chi connectivity index (χ4n) is 2.80. The molecule has 0 spiro atoms. The Kier molecular flexibility index (Phi) is 4.88. The van der Waals surface area contributed by atoms with Crippen LogP contribution in [0.4, 0.5) is 5.69 Å². The molecule has 0 saturated heterocycles. The molecule has 1 aliphatic heterocycles. The van der Waals surface area contributed by atoms with Crippen molar-refractivity contribution >= 4 is 34.6 Å². The van der Waals surface area contributed by atoms with Gasteiger partial charge in [-0.1, -0.05) is 49.7 Å². The average Bonchev–Trinajstić information content (AvgIpc) is 2.53. The molecule has 1 aliphatic rings. The molecule has 2 aromatic rings. The molecule has 0 aromatic heterocycles. The number of benzene rings is 2. The van der Waals surface area contributed by atoms with Crippen LogP contribution in [0.15, 0.2) is 42.5 Å². The molecule has 120 valence electrons. The highest BCUT2D eigenvalue weighted by molar-refractivity contribution is 7.80. The molecule has 0 radical (unpaired) electrons. The highest BCUT2D eigenvalue weighted by Crippen LogP contribution is 2.26. The second kappa shape index (κ2) is 6.90. The van der Waals surface area contributed by atoms with E-state index in [4.69, 9.17) is 23.8 Å². The minimum atomic E-state index is 0.573. The molecule has 4 heteroatoms. The van der Waals surface area contributed by atoms with E-state index in [9.17, 15) is 0 Å². The summed E-state index contributed by atoms with van der Waals surface area (Å²) in [5.41, 5.74) is 4.99. The van der Waals surface area contributed by atoms with Crippen molar-refractivity contribution in [2.24, 2.45) is 0 Å². The maximum Gasteiger partial charge on any atom is 0.173 e. The molecular formula is C19H21ClN2S. The molecular weight excluding hydrogens is 324 g/mol. The van der Waals surface area contributed by atoms with E-state index in [-0.39, 0.29) is 0 Å². The van der Waals surface area contributed by atoms with Gasteiger partial charge in [0.05, 0.1) is 0 Å². The van der Waals surface area contributed by atoms with Crippen LogP contribution in [-0.2, 0) is 13.0 Å². The zero-order chi connectivity index (χ0) is 16.4. The third-order valence-electron chi connectivity index (χ3n) is 4.27. The minimum absolute atomic E-state index is 0.573. The first-order valence-corrected chi connectivity index (χ1v) is 8.75. The Labute approximate surface area is 148 Å². The number of halogens is 1. The summed E-state index contributed by atoms with van der Waals surface area (Å²) in [6.07, 6.45) is 0.982. The Morgan fingerprint density at radius 2 is 1.91 bits per heavy atom. The van der Waals surface area contributed by atoms with Gasteiger partial charge in [-0.05, 0) is 59.4 Å². The summed E-state index contributed by atoms with van der Waals surface area (Å²) in [5, 5.41) is 4.85. The number of hydrogen-bond acceptors (Lipinski definition) is 1. The van der Waals surface area contributed by atoms with Crippen LogP contribution in [0, 0.1) is 0 Å². The maximum atomic E-state index is 6.09. The molecule has 2 aromatic carbocycles. The second-order valence-corrected chi connectivity index (χ2v) is 7.12. The van der Waals surface area contributed by atoms with Gasteiger partial charge in [-0.2, -0.15) is 0 Å². The molecule has 0 unspecified atom stereocenters. The van der Waals surface area contributed by atoms with Crippen molar-refractivity contribution in [3.05, 3.63) is 64.2 Å². The van der Waals surface area contributed by atoms with E-state index in [1.54, 1.807) is 0 Å². The summed E-state index contributed by atoms with van der Waals surface area (Å²) in [6, 6.07) is 14.8. The quantitative estimate of drug-likeness (QED) is 0.765. The lowest BCUT2D eigenvalue weighted by Gasteiger charge is -2.32. The van der Waals surface area contributed by atoms with Gasteiger partial charge in [0.25, 0.3) is 0 Å². The van der Waals surface area contributed by atoms with Crippen molar-refractivity contribution < 1.29 is 0 Å². The first-order chi connectivity index (χ1) is 11.0. The van der Waals surface area contributed by atoms with E-state index in [1.807, 2.05) is 18.2 Å². The molecule has 1 heterocycles. The minimum Gasteiger partial charge on any atom is -0.344 e. The first kappa shape index (κ1) is 16.3. The molecule has 3 rings (SSSR count). The number of nitrogens with one attached hydrogen (secondary N) is 1. The fourth-order valence-corrected chi connectivity index (χ4v) is 3.26. The lowest BCUT2D eigenvalue weighted by molar-refractivity contribution is 0.417. The second-order valence-electron chi connectivity index (χ2n) is 6.30. The van der Waals surface area contributed by atoms with E-state index >= 15 is 0 Å². The summed E-state index contributed by atoms with van der Waals surface area (Å²) in [5.74, 6) is 0.573. The number of anilines is 1. The van der Waals surface area contributed by atoms with Crippen molar-refractivity contribution in [1.82, 2.24) is 4.90 Å². The van der Waals surface area contributed by atoms with Gasteiger partial charge in [0, 0.05) is 23.8 Å². The van der Waals surface area contributed by atoms with Crippen LogP contribution in [0.2, 0.25) is 5.02 Å². The van der Waals surface area contributed by atoms with Crippen LogP contribution < -0.4 is 5.32 Å². The first-order valence-electron chi connectivity index (χ1n) is 7.96. The average molecular weight is 345 g/mol. The summed E-state index contributed by atoms with van der Waals surface area (Å²) < 4.78 is 0. The van der Waals surface area contributed by atoms with Gasteiger partial charge >= 0.3 is 0 Å². The van der Waals surface area contributed by atoms with Gasteiger partial charge in [-0.25, -0.2) is 0 Å². The van der Waals surface area contributed by atoms with Gasteiger partial charge in [-0.15, -0.1) is 0 Å². The van der Waals surface area contributed by atoms with Crippen LogP contribution in [-0.4, -0.2) is 16.6 Å². The van der Waals surface area contributed by atoms with Crippen molar-refractivity contribution in [1.29, 1.82) is 0 Å². The molecule has 0 fully saturated rings. The van der Waals surface area contributed by atoms with Crippen LogP contribution in [0.1, 0.15) is 36.5 Å². The topological polar surface area (TPSA) is 15.3 Å². The standard InChI is InChI=1S/C19H21ClN2S/c1-13(2)15-5-3-14(4-6-15)9-10-22-12-16-11-17(20)7-8-18(16)21-19(22)23/h3-8,11,13H,9-10,12H2,1-2H3,(H,21,23). The molecule has 2 nitrogen and oxygen atoms in total. The predicted molar refractivity (Wildman–Crippen MR) is 102 cm³/mol. The summed E-state index contributed by atoms with van der Waals surface area (Å²) in [4.78, 5) is 2.20. The SMILES string of the molecule is CC(C)c1ccc(CCN2Cc3cc(Cl)ccc3NC2=S)cc1. The number of thiocarbonyl (C=S) groups is 1. The van der Waals surface area contributed by atoms with Gasteiger partial charge in [0.1, 0.15) is 0 Å². The molecule has 0 aliphatic carbocycles. The van der Waals surface area contributed by atoms with Gasteiger partial charge in [-0.3, -0.25) is 0 Å². The Morgan fingerprint density at radius 1 is 1.17 bits per heavy atom. The lowest BCUT2D eigenvalue weighted by atomic mass is 10.0. The smallest absolute Gasteiger partial charge is 0.173 e. The van der Waals surface area contributed by atoms with Crippen molar-refractivity contribution in [2.45, 2.75) is 32.7 Å². The zero-order valence-corrected chi connectivity index (χ0v) is 15.0. The third-order valence-corrected chi connectivity index (χ3v) is 4.87. The summed E-state index contributed by atoms with van der Waals surface area (Å²) in [7, 11) is 0. The van der Waals surface area contributed by atoms with Gasteiger partial charge in [0.2, 0.25) is 0 Å². The Balaban J connectivity index is 1.65. The summed E-state index contributed by atoms with van der Waals surface area (Å²) >= 11 is 11.6. The van der Waals surface area contributed by atoms with E-state index < -0.39 is 0 Å². The van der Waals surface area contributed by atoms with Crippen molar-refractivity contribution in [2.75, 3.05) is 11.9 Å². The van der Waals surface area contributed by atoms with Crippen molar-refractivity contribution in [3.63, 3.8) is 0 Å². The fraction of sp³-hybridized carbons (Fsp3) is 0.316. The zero-order valence-electron chi connectivity index (χ0n) is 13.5. The van der Waals surface area contributed by atoms with E-state index in [0.29, 0.717) is 5.92 Å². The van der Waals surface area contributed by atoms with Crippen LogP contribution in [0.5, 0.6) is 0 Å². The predicted octanol–water partition coefficient (Wildman–Crippen LogP) is 5.22. The normalized spacial score (nSPS) is 13.9. The Morgan fingerprint density at radius 3 is 2.61 bits per heavy atom. The van der Waals surface area contributed by atoms with Crippen LogP contribution in [0.25, 0.3) is 0 Å². The Bertz CT molecular complexity index is 710. The van der Waals surface area contributed by atoms with E-state index in [0.717, 1.165) is 35.3 Å². The third kappa shape index (κ3) is 3.85. The number of nitrogens with zero attached hydrogens (tertiary/aromatic N) is 1. The van der Waals surface area contributed by atoms with Crippen molar-refractivity contribution in [3.8, 4) is 0 Å². The van der Waals surface area contributed by atoms with Crippen LogP contribution >= 0.6 is 23.8 Å². The van der Waals surface area contributed by atoms with Gasteiger partial charge in [0.15, 0.2) is 5.11 Å². The van der Waals surface area contributed by atoms with E-state index in [2.05, 4.69) is 48.3 Å². The lowest BCUT2D eigenvalue weighted by Crippen LogP contribution is -2.39. The number of rotatable bonds is 4. The molecule has 23 heavy (non-hydrogen) atoms. The highest BCUT2D eigenvalue weighted by Gasteiger charge is 2.19. The molecule has 0 saturated carbocycles. The summed E-state index contributed by atoms with van der Waals surface area (Å²) in [6.45, 7) is 6.15. The van der Waals surface area contributed by atoms with Gasteiger partial charge < -0.3 is 10.2 Å². The number of hydrogen-bond donors (Lipinski definition) is 1. The highest BCUT2D eigenvalue weighted by atomic mass is 35.5. The molecule has 0 bridgehead atoms. The number of fused-ring (bicyclic) bond motifs is 1. The van der Waals surface area contributed by atoms with Crippen LogP contribution in [0.3, 0.4) is 0 Å².